The molecule has 13 nitrogen and oxygen atoms in total. The minimum atomic E-state index is -3.32. The highest BCUT2D eigenvalue weighted by atomic mass is 31.1. The first-order valence-corrected chi connectivity index (χ1v) is 15.0. The Kier molecular flexibility index (Phi) is 10.7. The average molecular weight is 610 g/mol. The van der Waals surface area contributed by atoms with Crippen LogP contribution in [0.5, 0.6) is 5.75 Å². The predicted octanol–water partition coefficient (Wildman–Crippen LogP) is 3.22. The number of hydrogen-bond donors (Lipinski definition) is 4. The van der Waals surface area contributed by atoms with Gasteiger partial charge < -0.3 is 35.3 Å². The van der Waals surface area contributed by atoms with E-state index >= 15 is 0 Å². The van der Waals surface area contributed by atoms with E-state index in [1.807, 2.05) is 0 Å². The number of halogens is 1. The number of nitrogens with one attached hydrogen (secondary N) is 1. The van der Waals surface area contributed by atoms with Gasteiger partial charge in [-0.1, -0.05) is 38.3 Å². The number of aliphatic hydroxyl groups excluding tert-OH is 2. The number of rotatable bonds is 15. The van der Waals surface area contributed by atoms with Gasteiger partial charge in [-0.3, -0.25) is 4.52 Å². The number of ether oxygens (including phenoxy) is 2. The van der Waals surface area contributed by atoms with Crippen molar-refractivity contribution in [3.05, 3.63) is 48.4 Å². The van der Waals surface area contributed by atoms with Gasteiger partial charge in [0.05, 0.1) is 24.6 Å². The van der Waals surface area contributed by atoms with Crippen molar-refractivity contribution in [3.8, 4) is 5.75 Å². The van der Waals surface area contributed by atoms with E-state index in [-0.39, 0.29) is 11.6 Å². The Morgan fingerprint density at radius 3 is 2.81 bits per heavy atom. The summed E-state index contributed by atoms with van der Waals surface area (Å²) in [7, 11) is -3.32. The van der Waals surface area contributed by atoms with E-state index in [9.17, 15) is 24.0 Å². The lowest BCUT2D eigenvalue weighted by Crippen LogP contribution is -2.48. The van der Waals surface area contributed by atoms with Gasteiger partial charge >= 0.3 is 14.2 Å². The highest BCUT2D eigenvalue weighted by molar-refractivity contribution is 7.33. The molecule has 0 amide bonds. The zero-order valence-corrected chi connectivity index (χ0v) is 24.4. The molecule has 1 aliphatic heterocycles. The maximum absolute atomic E-state index is 14.4. The Morgan fingerprint density at radius 2 is 2.05 bits per heavy atom. The summed E-state index contributed by atoms with van der Waals surface area (Å²) >= 11 is 0. The fraction of sp³-hybridized carbons (Fsp3) is 0.519. The Bertz CT molecular complexity index is 1380. The van der Waals surface area contributed by atoms with Crippen LogP contribution in [-0.2, 0) is 23.4 Å². The van der Waals surface area contributed by atoms with Crippen molar-refractivity contribution in [2.75, 3.05) is 30.9 Å². The summed E-state index contributed by atoms with van der Waals surface area (Å²) in [6, 6.07) is 8.93. The summed E-state index contributed by atoms with van der Waals surface area (Å²) in [6.45, 7) is 2.11. The van der Waals surface area contributed by atoms with Crippen molar-refractivity contribution < 1.29 is 42.5 Å². The summed E-state index contributed by atoms with van der Waals surface area (Å²) in [4.78, 5) is 16.3. The molecular weight excluding hydrogens is 572 g/mol. The first kappa shape index (κ1) is 31.6. The molecular formula is C27H37FN5O8P. The molecule has 2 aromatic heterocycles. The van der Waals surface area contributed by atoms with Gasteiger partial charge in [0.1, 0.15) is 48.5 Å². The van der Waals surface area contributed by atoms with Crippen molar-refractivity contribution in [1.82, 2.24) is 14.6 Å². The fourth-order valence-electron chi connectivity index (χ4n) is 4.66. The van der Waals surface area contributed by atoms with E-state index < -0.39 is 57.5 Å². The highest BCUT2D eigenvalue weighted by Crippen LogP contribution is 2.43. The second-order valence-corrected chi connectivity index (χ2v) is 11.1. The molecule has 3 aromatic rings. The fourth-order valence-corrected chi connectivity index (χ4v) is 5.43. The lowest BCUT2D eigenvalue weighted by Gasteiger charge is -2.28. The van der Waals surface area contributed by atoms with Crippen LogP contribution in [0.2, 0.25) is 0 Å². The lowest BCUT2D eigenvalue weighted by atomic mass is 9.96. The van der Waals surface area contributed by atoms with E-state index in [0.717, 1.165) is 25.7 Å². The number of nitrogens with two attached hydrogens (primary N) is 1. The maximum atomic E-state index is 14.4. The number of fused-ring (bicyclic) bond motifs is 1. The Labute approximate surface area is 243 Å². The van der Waals surface area contributed by atoms with Crippen molar-refractivity contribution in [2.24, 2.45) is 0 Å². The van der Waals surface area contributed by atoms with Gasteiger partial charge in [0, 0.05) is 0 Å². The van der Waals surface area contributed by atoms with E-state index in [1.54, 1.807) is 37.3 Å². The third kappa shape index (κ3) is 7.01. The first-order valence-electron chi connectivity index (χ1n) is 13.8. The minimum Gasteiger partial charge on any atom is -0.464 e. The maximum Gasteiger partial charge on any atom is 0.368 e. The number of nitrogen functional groups attached to an aromatic ring is 1. The van der Waals surface area contributed by atoms with Gasteiger partial charge in [0.15, 0.2) is 11.6 Å². The number of alkyl halides is 1. The molecule has 6 atom stereocenters. The molecule has 0 aliphatic carbocycles. The van der Waals surface area contributed by atoms with Crippen molar-refractivity contribution in [2.45, 2.75) is 69.5 Å². The quantitative estimate of drug-likeness (QED) is 0.112. The van der Waals surface area contributed by atoms with Crippen LogP contribution in [0.4, 0.5) is 15.9 Å². The standard InChI is InChI=1S/C27H37FN5O8P/c1-3-4-5-8-13-38-26(36)17(2)32-18-9-6-7-10-21(18)41-42(37)39-15-27(14-28)24(35)22(34)23(40-27)19-11-12-20-25(29)30-16-31-33(19)20/h6-7,9-12,16-17,22-24,32,34-35,42H,3-5,8,13-15H2,1-2H3,(H2,29,30,31)/t17-,22-,23-,24-,27+/m0/s1. The van der Waals surface area contributed by atoms with Crippen LogP contribution in [0.1, 0.15) is 51.3 Å². The van der Waals surface area contributed by atoms with E-state index in [0.29, 0.717) is 23.5 Å². The molecule has 230 valence electrons. The molecule has 42 heavy (non-hydrogen) atoms. The topological polar surface area (TPSA) is 180 Å². The van der Waals surface area contributed by atoms with Crippen LogP contribution in [0.25, 0.3) is 5.52 Å². The Morgan fingerprint density at radius 1 is 1.26 bits per heavy atom. The van der Waals surface area contributed by atoms with Crippen molar-refractivity contribution in [3.63, 3.8) is 0 Å². The normalized spacial score (nSPS) is 23.5. The molecule has 4 rings (SSSR count). The number of carbonyl (C=O) groups excluding carboxylic acids is 1. The smallest absolute Gasteiger partial charge is 0.368 e. The largest absolute Gasteiger partial charge is 0.464 e. The van der Waals surface area contributed by atoms with E-state index in [2.05, 4.69) is 22.3 Å². The van der Waals surface area contributed by atoms with Crippen molar-refractivity contribution in [1.29, 1.82) is 0 Å². The van der Waals surface area contributed by atoms with E-state index in [1.165, 1.54) is 16.9 Å². The van der Waals surface area contributed by atoms with Gasteiger partial charge in [-0.15, -0.1) is 0 Å². The van der Waals surface area contributed by atoms with Crippen LogP contribution in [0.3, 0.4) is 0 Å². The molecule has 0 spiro atoms. The molecule has 1 fully saturated rings. The molecule has 3 heterocycles. The lowest BCUT2D eigenvalue weighted by molar-refractivity contribution is -0.144. The summed E-state index contributed by atoms with van der Waals surface area (Å²) in [5.74, 6) is -0.134. The van der Waals surface area contributed by atoms with Gasteiger partial charge in [0.25, 0.3) is 0 Å². The second-order valence-electron chi connectivity index (χ2n) is 10.1. The SMILES string of the molecule is CCCCCCOC(=O)[C@H](C)Nc1ccccc1O[PH](=O)OC[C@@]1(CF)O[C@@H](c2ccc3c(N)ncnn23)[C@H](O)[C@@H]1O. The number of aliphatic hydroxyl groups is 2. The number of para-hydroxylation sites is 2. The summed E-state index contributed by atoms with van der Waals surface area (Å²) in [5, 5.41) is 28.6. The summed E-state index contributed by atoms with van der Waals surface area (Å²) in [5.41, 5.74) is 4.93. The number of carbonyl (C=O) groups is 1. The number of aromatic nitrogens is 3. The molecule has 0 radical (unpaired) electrons. The molecule has 1 unspecified atom stereocenters. The predicted molar refractivity (Wildman–Crippen MR) is 152 cm³/mol. The molecule has 1 saturated heterocycles. The van der Waals surface area contributed by atoms with Gasteiger partial charge in [-0.25, -0.2) is 23.2 Å². The van der Waals surface area contributed by atoms with Crippen LogP contribution in [0, 0.1) is 0 Å². The van der Waals surface area contributed by atoms with Crippen LogP contribution in [-0.4, -0.2) is 74.5 Å². The zero-order chi connectivity index (χ0) is 30.3. The van der Waals surface area contributed by atoms with Gasteiger partial charge in [0.2, 0.25) is 0 Å². The van der Waals surface area contributed by atoms with Gasteiger partial charge in [-0.05, 0) is 37.6 Å². The summed E-state index contributed by atoms with van der Waals surface area (Å²) in [6.07, 6.45) is 0.654. The van der Waals surface area contributed by atoms with Crippen LogP contribution in [0.15, 0.2) is 42.7 Å². The number of anilines is 2. The molecule has 1 aromatic carbocycles. The molecule has 0 bridgehead atoms. The number of unbranched alkanes of at least 4 members (excludes halogenated alkanes) is 3. The van der Waals surface area contributed by atoms with Crippen LogP contribution < -0.4 is 15.6 Å². The molecule has 0 saturated carbocycles. The molecule has 15 heteroatoms. The number of hydrogen-bond acceptors (Lipinski definition) is 12. The molecule has 5 N–H and O–H groups in total. The average Bonchev–Trinajstić information content (AvgIpc) is 3.52. The van der Waals surface area contributed by atoms with E-state index in [4.69, 9.17) is 24.3 Å². The number of benzene rings is 1. The van der Waals surface area contributed by atoms with Crippen molar-refractivity contribution >= 4 is 31.2 Å². The first-order chi connectivity index (χ1) is 20.2. The highest BCUT2D eigenvalue weighted by Gasteiger charge is 2.56. The zero-order valence-electron chi connectivity index (χ0n) is 23.4. The monoisotopic (exact) mass is 609 g/mol. The minimum absolute atomic E-state index is 0.126. The third-order valence-electron chi connectivity index (χ3n) is 7.05. The Balaban J connectivity index is 1.37. The number of esters is 1. The second kappa shape index (κ2) is 14.3. The van der Waals surface area contributed by atoms with Crippen LogP contribution >= 0.6 is 8.25 Å². The molecule has 1 aliphatic rings. The third-order valence-corrected chi connectivity index (χ3v) is 7.81. The summed E-state index contributed by atoms with van der Waals surface area (Å²) < 4.78 is 50.5. The number of nitrogens with zero attached hydrogens (tertiary/aromatic N) is 3. The van der Waals surface area contributed by atoms with Gasteiger partial charge in [-0.2, -0.15) is 5.10 Å². The Hall–Kier alpha value is -3.29.